The standard InChI is InChI=1S/C19H15O2P.C2H6/c20-19(21)15-11-13-18(14-12-15)22(16-7-3-1-4-8-16)17-9-5-2-6-10-17;1-2/h1-14H,(H,20,21);1-2H3. The number of hydrogen-bond acceptors (Lipinski definition) is 1. The monoisotopic (exact) mass is 336 g/mol. The smallest absolute Gasteiger partial charge is 0.335 e. The van der Waals surface area contributed by atoms with Crippen molar-refractivity contribution < 1.29 is 9.90 Å². The second-order valence-electron chi connectivity index (χ2n) is 4.86. The lowest BCUT2D eigenvalue weighted by Crippen LogP contribution is -2.20. The first-order valence-electron chi connectivity index (χ1n) is 7.99. The van der Waals surface area contributed by atoms with Crippen LogP contribution in [0.25, 0.3) is 0 Å². The largest absolute Gasteiger partial charge is 0.478 e. The van der Waals surface area contributed by atoms with E-state index >= 15 is 0 Å². The first-order chi connectivity index (χ1) is 11.8. The van der Waals surface area contributed by atoms with Crippen molar-refractivity contribution in [2.45, 2.75) is 13.8 Å². The third kappa shape index (κ3) is 4.31. The van der Waals surface area contributed by atoms with E-state index in [4.69, 9.17) is 5.11 Å². The molecule has 0 fully saturated rings. The second kappa shape index (κ2) is 9.00. The van der Waals surface area contributed by atoms with Gasteiger partial charge in [-0.15, -0.1) is 0 Å². The number of carboxylic acid groups (broad SMARTS) is 1. The first-order valence-corrected chi connectivity index (χ1v) is 9.33. The topological polar surface area (TPSA) is 37.3 Å². The van der Waals surface area contributed by atoms with Crippen molar-refractivity contribution in [2.24, 2.45) is 0 Å². The molecule has 0 aliphatic heterocycles. The Morgan fingerprint density at radius 3 is 1.42 bits per heavy atom. The highest BCUT2D eigenvalue weighted by atomic mass is 31.1. The maximum absolute atomic E-state index is 11.0. The van der Waals surface area contributed by atoms with Crippen LogP contribution in [0.1, 0.15) is 24.2 Å². The summed E-state index contributed by atoms with van der Waals surface area (Å²) < 4.78 is 0. The molecule has 3 heteroatoms. The van der Waals surface area contributed by atoms with Crippen LogP contribution in [-0.2, 0) is 0 Å². The fourth-order valence-electron chi connectivity index (χ4n) is 2.35. The molecule has 122 valence electrons. The molecule has 0 saturated carbocycles. The van der Waals surface area contributed by atoms with Crippen LogP contribution in [0.3, 0.4) is 0 Å². The number of rotatable bonds is 4. The van der Waals surface area contributed by atoms with E-state index in [9.17, 15) is 4.79 Å². The van der Waals surface area contributed by atoms with E-state index < -0.39 is 13.9 Å². The normalized spacial score (nSPS) is 9.96. The lowest BCUT2D eigenvalue weighted by molar-refractivity contribution is 0.0697. The minimum atomic E-state index is -0.893. The zero-order valence-corrected chi connectivity index (χ0v) is 14.8. The molecule has 0 heterocycles. The molecule has 0 spiro atoms. The Bertz CT molecular complexity index is 713. The van der Waals surface area contributed by atoms with Gasteiger partial charge >= 0.3 is 5.97 Å². The van der Waals surface area contributed by atoms with Crippen molar-refractivity contribution in [3.63, 3.8) is 0 Å². The lowest BCUT2D eigenvalue weighted by atomic mass is 10.2. The van der Waals surface area contributed by atoms with Gasteiger partial charge in [0.15, 0.2) is 0 Å². The molecule has 0 unspecified atom stereocenters. The van der Waals surface area contributed by atoms with Gasteiger partial charge in [-0.3, -0.25) is 0 Å². The van der Waals surface area contributed by atoms with Crippen molar-refractivity contribution in [3.05, 3.63) is 90.5 Å². The van der Waals surface area contributed by atoms with Gasteiger partial charge in [-0.05, 0) is 36.0 Å². The fraction of sp³-hybridized carbons (Fsp3) is 0.0952. The van der Waals surface area contributed by atoms with Crippen molar-refractivity contribution in [3.8, 4) is 0 Å². The minimum Gasteiger partial charge on any atom is -0.478 e. The molecule has 0 atom stereocenters. The minimum absolute atomic E-state index is 0.319. The molecule has 3 aromatic carbocycles. The molecule has 3 rings (SSSR count). The number of benzene rings is 3. The highest BCUT2D eigenvalue weighted by Crippen LogP contribution is 2.32. The van der Waals surface area contributed by atoms with Gasteiger partial charge in [0.05, 0.1) is 5.56 Å². The van der Waals surface area contributed by atoms with Crippen molar-refractivity contribution in [1.82, 2.24) is 0 Å². The Balaban J connectivity index is 0.00000100. The predicted octanol–water partition coefficient (Wildman–Crippen LogP) is 4.17. The van der Waals surface area contributed by atoms with E-state index in [-0.39, 0.29) is 0 Å². The Labute approximate surface area is 144 Å². The molecular formula is C21H21O2P. The Hall–Kier alpha value is -2.44. The van der Waals surface area contributed by atoms with Crippen LogP contribution in [0.5, 0.6) is 0 Å². The van der Waals surface area contributed by atoms with Gasteiger partial charge in [0, 0.05) is 0 Å². The average molecular weight is 336 g/mol. The summed E-state index contributed by atoms with van der Waals surface area (Å²) in [4.78, 5) is 11.0. The quantitative estimate of drug-likeness (QED) is 0.726. The number of hydrogen-bond donors (Lipinski definition) is 1. The fourth-order valence-corrected chi connectivity index (χ4v) is 4.64. The molecule has 2 nitrogen and oxygen atoms in total. The summed E-state index contributed by atoms with van der Waals surface area (Å²) >= 11 is 0. The number of carbonyl (C=O) groups is 1. The third-order valence-corrected chi connectivity index (χ3v) is 5.84. The van der Waals surface area contributed by atoms with Gasteiger partial charge in [0.1, 0.15) is 0 Å². The van der Waals surface area contributed by atoms with Crippen LogP contribution in [0.2, 0.25) is 0 Å². The van der Waals surface area contributed by atoms with E-state index in [2.05, 4.69) is 24.3 Å². The molecule has 3 aromatic rings. The third-order valence-electron chi connectivity index (χ3n) is 3.40. The maximum Gasteiger partial charge on any atom is 0.335 e. The Kier molecular flexibility index (Phi) is 6.72. The summed E-state index contributed by atoms with van der Waals surface area (Å²) in [6.07, 6.45) is 0. The summed E-state index contributed by atoms with van der Waals surface area (Å²) in [5.41, 5.74) is 0.319. The van der Waals surface area contributed by atoms with Crippen molar-refractivity contribution >= 4 is 29.8 Å². The van der Waals surface area contributed by atoms with Crippen molar-refractivity contribution in [1.29, 1.82) is 0 Å². The SMILES string of the molecule is CC.O=C(O)c1ccc(P(c2ccccc2)c2ccccc2)cc1. The maximum atomic E-state index is 11.0. The highest BCUT2D eigenvalue weighted by Gasteiger charge is 2.16. The van der Waals surface area contributed by atoms with Crippen LogP contribution < -0.4 is 15.9 Å². The van der Waals surface area contributed by atoms with Crippen LogP contribution in [-0.4, -0.2) is 11.1 Å². The lowest BCUT2D eigenvalue weighted by Gasteiger charge is -2.19. The van der Waals surface area contributed by atoms with Gasteiger partial charge in [0.25, 0.3) is 0 Å². The van der Waals surface area contributed by atoms with E-state index in [0.717, 1.165) is 5.30 Å². The van der Waals surface area contributed by atoms with E-state index in [1.807, 2.05) is 62.4 Å². The summed E-state index contributed by atoms with van der Waals surface area (Å²) in [5.74, 6) is -0.893. The zero-order valence-electron chi connectivity index (χ0n) is 13.9. The predicted molar refractivity (Wildman–Crippen MR) is 103 cm³/mol. The number of aromatic carboxylic acids is 1. The van der Waals surface area contributed by atoms with Gasteiger partial charge in [-0.25, -0.2) is 4.79 Å². The van der Waals surface area contributed by atoms with E-state index in [0.29, 0.717) is 5.56 Å². The van der Waals surface area contributed by atoms with Crippen LogP contribution in [0, 0.1) is 0 Å². The molecule has 0 radical (unpaired) electrons. The van der Waals surface area contributed by atoms with Gasteiger partial charge in [0.2, 0.25) is 0 Å². The van der Waals surface area contributed by atoms with Crippen molar-refractivity contribution in [2.75, 3.05) is 0 Å². The molecule has 0 saturated heterocycles. The van der Waals surface area contributed by atoms with Crippen LogP contribution in [0.15, 0.2) is 84.9 Å². The molecule has 0 bridgehead atoms. The zero-order chi connectivity index (χ0) is 17.4. The Morgan fingerprint density at radius 2 is 1.04 bits per heavy atom. The second-order valence-corrected chi connectivity index (χ2v) is 7.08. The molecule has 0 aliphatic rings. The summed E-state index contributed by atoms with van der Waals surface area (Å²) in [6, 6.07) is 27.9. The first kappa shape index (κ1) is 17.9. The van der Waals surface area contributed by atoms with Gasteiger partial charge < -0.3 is 5.11 Å². The highest BCUT2D eigenvalue weighted by molar-refractivity contribution is 7.79. The summed E-state index contributed by atoms with van der Waals surface area (Å²) in [6.45, 7) is 4.00. The molecular weight excluding hydrogens is 315 g/mol. The van der Waals surface area contributed by atoms with Gasteiger partial charge in [-0.1, -0.05) is 86.6 Å². The van der Waals surface area contributed by atoms with E-state index in [1.54, 1.807) is 12.1 Å². The van der Waals surface area contributed by atoms with Crippen LogP contribution in [0.4, 0.5) is 0 Å². The van der Waals surface area contributed by atoms with Crippen LogP contribution >= 0.6 is 7.92 Å². The molecule has 1 N–H and O–H groups in total. The molecule has 0 aromatic heterocycles. The molecule has 0 amide bonds. The number of carboxylic acids is 1. The Morgan fingerprint density at radius 1 is 0.667 bits per heavy atom. The van der Waals surface area contributed by atoms with Gasteiger partial charge in [-0.2, -0.15) is 0 Å². The van der Waals surface area contributed by atoms with E-state index in [1.165, 1.54) is 10.6 Å². The summed E-state index contributed by atoms with van der Waals surface area (Å²) in [7, 11) is -0.671. The average Bonchev–Trinajstić information content (AvgIpc) is 2.66. The molecule has 0 aliphatic carbocycles. The molecule has 24 heavy (non-hydrogen) atoms. The summed E-state index contributed by atoms with van der Waals surface area (Å²) in [5, 5.41) is 12.7.